The van der Waals surface area contributed by atoms with E-state index in [0.29, 0.717) is 5.82 Å². The zero-order valence-corrected chi connectivity index (χ0v) is 38.2. The van der Waals surface area contributed by atoms with Crippen LogP contribution in [-0.2, 0) is 31.9 Å². The molecule has 8 rings (SSSR count). The molecule has 0 aliphatic heterocycles. The van der Waals surface area contributed by atoms with Gasteiger partial charge in [0.25, 0.3) is 0 Å². The number of pyridine rings is 1. The molecule has 0 saturated heterocycles. The topological polar surface area (TPSA) is 50.9 Å². The number of hydrogen-bond acceptors (Lipinski definition) is 3. The first-order valence-electron chi connectivity index (χ1n) is 20.6. The number of aromatic hydroxyl groups is 1. The summed E-state index contributed by atoms with van der Waals surface area (Å²) in [5, 5.41) is 13.5. The fraction of sp³-hybridized carbons (Fsp3) is 0.259. The third kappa shape index (κ3) is 8.05. The zero-order valence-electron chi connectivity index (χ0n) is 35.9. The summed E-state index contributed by atoms with van der Waals surface area (Å²) >= 11 is 0. The number of nitrogens with zero attached hydrogens (tertiary/aromatic N) is 3. The van der Waals surface area contributed by atoms with Gasteiger partial charge in [0, 0.05) is 32.3 Å². The van der Waals surface area contributed by atoms with Crippen LogP contribution in [0.15, 0.2) is 127 Å². The smallest absolute Gasteiger partial charge is 0.148 e. The molecule has 5 heteroatoms. The van der Waals surface area contributed by atoms with Gasteiger partial charge in [-0.3, -0.25) is 9.55 Å². The average molecular weight is 956 g/mol. The Bertz CT molecular complexity index is 2820. The minimum Gasteiger partial charge on any atom is -0.507 e. The Hall–Kier alpha value is -5.31. The van der Waals surface area contributed by atoms with Crippen LogP contribution < -0.4 is 0 Å². The number of phenols is 1. The van der Waals surface area contributed by atoms with Crippen molar-refractivity contribution in [2.75, 3.05) is 0 Å². The number of imidazole rings is 1. The Kier molecular flexibility index (Phi) is 11.4. The van der Waals surface area contributed by atoms with Crippen LogP contribution >= 0.6 is 0 Å². The van der Waals surface area contributed by atoms with Crippen molar-refractivity contribution in [2.24, 2.45) is 0 Å². The van der Waals surface area contributed by atoms with E-state index >= 15 is 0 Å². The van der Waals surface area contributed by atoms with Crippen molar-refractivity contribution in [3.63, 3.8) is 0 Å². The molecule has 0 aliphatic carbocycles. The van der Waals surface area contributed by atoms with Crippen LogP contribution in [0.2, 0.25) is 0 Å². The first-order chi connectivity index (χ1) is 27.6. The van der Waals surface area contributed by atoms with Gasteiger partial charge in [0.1, 0.15) is 11.6 Å². The molecule has 0 spiro atoms. The number of phenolic OH excluding ortho intramolecular Hbond substituents is 1. The third-order valence-electron chi connectivity index (χ3n) is 11.4. The third-order valence-corrected chi connectivity index (χ3v) is 11.4. The Morgan fingerprint density at radius 1 is 0.610 bits per heavy atom. The molecule has 0 fully saturated rings. The molecule has 8 aromatic rings. The number of rotatable bonds is 7. The summed E-state index contributed by atoms with van der Waals surface area (Å²) in [7, 11) is 0. The standard InChI is InChI=1S/C54H54N3O.Pt/c1-33(2)38-27-39(29-40(28-38)47-25-23-36-19-14-15-21-46(36)55-47)42-20-16-22-49-50(42)56-52(44-31-41(53(5,6)7)32-45(51(44)58)54(8,9)10)57(49)48-26-24-37(30-43(48)34(3)4)35-17-12-11-13-18-35;/h11-28,30-34,58H,1-10H3;/q-1;. The molecular formula is C54H54N3OPt-. The molecule has 0 radical (unpaired) electrons. The van der Waals surface area contributed by atoms with Gasteiger partial charge < -0.3 is 5.11 Å². The number of para-hydroxylation sites is 2. The first kappa shape index (κ1) is 41.8. The quantitative estimate of drug-likeness (QED) is 0.162. The van der Waals surface area contributed by atoms with Crippen LogP contribution in [0.5, 0.6) is 5.75 Å². The predicted octanol–water partition coefficient (Wildman–Crippen LogP) is 14.6. The Morgan fingerprint density at radius 2 is 1.32 bits per heavy atom. The molecule has 0 aliphatic rings. The fourth-order valence-corrected chi connectivity index (χ4v) is 8.01. The number of hydrogen-bond donors (Lipinski definition) is 1. The van der Waals surface area contributed by atoms with E-state index in [0.717, 1.165) is 66.7 Å². The van der Waals surface area contributed by atoms with Crippen LogP contribution in [0.25, 0.3) is 72.5 Å². The average Bonchev–Trinajstić information content (AvgIpc) is 3.59. The zero-order chi connectivity index (χ0) is 41.1. The van der Waals surface area contributed by atoms with E-state index in [1.807, 2.05) is 12.1 Å². The largest absolute Gasteiger partial charge is 0.507 e. The number of fused-ring (bicyclic) bond motifs is 2. The normalized spacial score (nSPS) is 12.1. The van der Waals surface area contributed by atoms with Crippen molar-refractivity contribution in [2.45, 2.75) is 91.9 Å². The van der Waals surface area contributed by atoms with Crippen LogP contribution in [0.3, 0.4) is 0 Å². The van der Waals surface area contributed by atoms with Gasteiger partial charge in [-0.1, -0.05) is 165 Å². The second-order valence-corrected chi connectivity index (χ2v) is 18.4. The summed E-state index contributed by atoms with van der Waals surface area (Å²) < 4.78 is 2.29. The Labute approximate surface area is 364 Å². The SMILES string of the molecule is CC(C)c1cc(-c2ccc3ccccc3n2)[c-]c(-c2cccc3c2nc(-c2cc(C(C)(C)C)cc(C(C)(C)C)c2O)n3-c2ccc(-c3ccccc3)cc2C(C)C)c1.[Pt]. The van der Waals surface area contributed by atoms with E-state index < -0.39 is 0 Å². The van der Waals surface area contributed by atoms with Gasteiger partial charge in [-0.25, -0.2) is 4.98 Å². The van der Waals surface area contributed by atoms with Crippen LogP contribution in [-0.4, -0.2) is 19.6 Å². The van der Waals surface area contributed by atoms with E-state index in [-0.39, 0.29) is 49.5 Å². The molecular weight excluding hydrogens is 902 g/mol. The van der Waals surface area contributed by atoms with E-state index in [1.54, 1.807) is 0 Å². The van der Waals surface area contributed by atoms with Crippen molar-refractivity contribution in [3.8, 4) is 56.3 Å². The Morgan fingerprint density at radius 3 is 2.02 bits per heavy atom. The van der Waals surface area contributed by atoms with Crippen molar-refractivity contribution in [1.82, 2.24) is 14.5 Å². The second-order valence-electron chi connectivity index (χ2n) is 18.4. The number of benzene rings is 6. The van der Waals surface area contributed by atoms with Gasteiger partial charge in [-0.2, -0.15) is 0 Å². The van der Waals surface area contributed by atoms with Crippen molar-refractivity contribution >= 4 is 21.9 Å². The Balaban J connectivity index is 0.00000528. The van der Waals surface area contributed by atoms with Gasteiger partial charge in [0.05, 0.1) is 27.8 Å². The fourth-order valence-electron chi connectivity index (χ4n) is 8.01. The van der Waals surface area contributed by atoms with Gasteiger partial charge in [0.2, 0.25) is 0 Å². The molecule has 4 nitrogen and oxygen atoms in total. The maximum atomic E-state index is 12.4. The molecule has 0 saturated carbocycles. The van der Waals surface area contributed by atoms with Crippen LogP contribution in [0.4, 0.5) is 0 Å². The van der Waals surface area contributed by atoms with Gasteiger partial charge in [0.15, 0.2) is 0 Å². The van der Waals surface area contributed by atoms with E-state index in [1.165, 1.54) is 22.3 Å². The second kappa shape index (κ2) is 16.0. The molecule has 1 N–H and O–H groups in total. The number of aromatic nitrogens is 3. The molecule has 0 bridgehead atoms. The van der Waals surface area contributed by atoms with Crippen molar-refractivity contribution in [1.29, 1.82) is 0 Å². The monoisotopic (exact) mass is 955 g/mol. The summed E-state index contributed by atoms with van der Waals surface area (Å²) in [6, 6.07) is 48.9. The van der Waals surface area contributed by atoms with E-state index in [9.17, 15) is 5.11 Å². The summed E-state index contributed by atoms with van der Waals surface area (Å²) in [4.78, 5) is 10.7. The van der Waals surface area contributed by atoms with Gasteiger partial charge in [-0.15, -0.1) is 29.3 Å². The molecule has 6 aromatic carbocycles. The van der Waals surface area contributed by atoms with Gasteiger partial charge >= 0.3 is 0 Å². The maximum absolute atomic E-state index is 12.4. The van der Waals surface area contributed by atoms with E-state index in [2.05, 4.69) is 195 Å². The molecule has 2 aromatic heterocycles. The van der Waals surface area contributed by atoms with Crippen LogP contribution in [0, 0.1) is 6.07 Å². The van der Waals surface area contributed by atoms with E-state index in [4.69, 9.17) is 9.97 Å². The minimum absolute atomic E-state index is 0. The van der Waals surface area contributed by atoms with Crippen molar-refractivity contribution < 1.29 is 26.2 Å². The molecule has 0 unspecified atom stereocenters. The van der Waals surface area contributed by atoms with Crippen molar-refractivity contribution in [3.05, 3.63) is 156 Å². The van der Waals surface area contributed by atoms with Crippen LogP contribution in [0.1, 0.15) is 103 Å². The molecule has 0 atom stereocenters. The summed E-state index contributed by atoms with van der Waals surface area (Å²) in [6.07, 6.45) is 0. The molecule has 0 amide bonds. The van der Waals surface area contributed by atoms with Gasteiger partial charge in [-0.05, 0) is 80.6 Å². The molecule has 302 valence electrons. The predicted molar refractivity (Wildman–Crippen MR) is 244 cm³/mol. The summed E-state index contributed by atoms with van der Waals surface area (Å²) in [5.74, 6) is 1.47. The first-order valence-corrected chi connectivity index (χ1v) is 20.6. The molecule has 59 heavy (non-hydrogen) atoms. The minimum atomic E-state index is -0.304. The summed E-state index contributed by atoms with van der Waals surface area (Å²) in [5.41, 5.74) is 14.7. The maximum Gasteiger partial charge on any atom is 0.148 e. The summed E-state index contributed by atoms with van der Waals surface area (Å²) in [6.45, 7) is 22.2. The molecule has 2 heterocycles.